The van der Waals surface area contributed by atoms with Gasteiger partial charge in [0.15, 0.2) is 0 Å². The van der Waals surface area contributed by atoms with Crippen LogP contribution in [0.4, 0.5) is 0 Å². The summed E-state index contributed by atoms with van der Waals surface area (Å²) < 4.78 is 1.55. The molecule has 2 heterocycles. The summed E-state index contributed by atoms with van der Waals surface area (Å²) in [6.45, 7) is 10.8. The van der Waals surface area contributed by atoms with Gasteiger partial charge >= 0.3 is 0 Å². The first-order valence-electron chi connectivity index (χ1n) is 9.04. The Morgan fingerprint density at radius 2 is 2.00 bits per heavy atom. The molecule has 0 unspecified atom stereocenters. The van der Waals surface area contributed by atoms with E-state index in [1.807, 2.05) is 20.8 Å². The molecule has 0 aliphatic rings. The largest absolute Gasteiger partial charge is 0.354 e. The second kappa shape index (κ2) is 8.61. The van der Waals surface area contributed by atoms with E-state index in [2.05, 4.69) is 24.1 Å². The fourth-order valence-corrected chi connectivity index (χ4v) is 3.89. The number of thiophene rings is 1. The monoisotopic (exact) mass is 363 g/mol. The summed E-state index contributed by atoms with van der Waals surface area (Å²) in [5.41, 5.74) is 0.944. The van der Waals surface area contributed by atoms with Crippen molar-refractivity contribution in [3.8, 4) is 0 Å². The Hall–Kier alpha value is -1.69. The van der Waals surface area contributed by atoms with Crippen molar-refractivity contribution in [3.05, 3.63) is 27.1 Å². The number of amides is 1. The lowest BCUT2D eigenvalue weighted by atomic mass is 10.0. The minimum atomic E-state index is -0.0513. The van der Waals surface area contributed by atoms with Gasteiger partial charge < -0.3 is 5.32 Å². The highest BCUT2D eigenvalue weighted by molar-refractivity contribution is 7.18. The van der Waals surface area contributed by atoms with Crippen molar-refractivity contribution in [3.63, 3.8) is 0 Å². The van der Waals surface area contributed by atoms with Gasteiger partial charge in [-0.15, -0.1) is 11.3 Å². The lowest BCUT2D eigenvalue weighted by Gasteiger charge is -2.14. The lowest BCUT2D eigenvalue weighted by molar-refractivity contribution is -0.121. The zero-order chi connectivity index (χ0) is 18.6. The number of hydrogen-bond acceptors (Lipinski definition) is 4. The first-order valence-corrected chi connectivity index (χ1v) is 9.85. The summed E-state index contributed by atoms with van der Waals surface area (Å²) in [5.74, 6) is 0.684. The van der Waals surface area contributed by atoms with Crippen LogP contribution in [0.25, 0.3) is 10.2 Å². The van der Waals surface area contributed by atoms with Crippen LogP contribution in [0.1, 0.15) is 56.9 Å². The van der Waals surface area contributed by atoms with E-state index in [9.17, 15) is 9.59 Å². The van der Waals surface area contributed by atoms with Crippen molar-refractivity contribution >= 4 is 27.5 Å². The number of carbonyl (C=O) groups excluding carboxylic acids is 1. The molecule has 25 heavy (non-hydrogen) atoms. The molecule has 0 radical (unpaired) electrons. The van der Waals surface area contributed by atoms with Gasteiger partial charge in [0.1, 0.15) is 4.83 Å². The van der Waals surface area contributed by atoms with E-state index < -0.39 is 0 Å². The fraction of sp³-hybridized carbons (Fsp3) is 0.632. The number of hydrogen-bond donors (Lipinski definition) is 1. The first kappa shape index (κ1) is 19.6. The Labute approximate surface area is 153 Å². The molecule has 0 aliphatic heterocycles. The van der Waals surface area contributed by atoms with Crippen molar-refractivity contribution in [2.45, 2.75) is 72.9 Å². The van der Waals surface area contributed by atoms with Crippen LogP contribution in [-0.4, -0.2) is 21.5 Å². The minimum absolute atomic E-state index is 0.0118. The summed E-state index contributed by atoms with van der Waals surface area (Å²) in [4.78, 5) is 31.0. The van der Waals surface area contributed by atoms with Crippen LogP contribution in [0, 0.1) is 19.8 Å². The van der Waals surface area contributed by atoms with Gasteiger partial charge in [-0.25, -0.2) is 4.98 Å². The summed E-state index contributed by atoms with van der Waals surface area (Å²) >= 11 is 1.54. The smallest absolute Gasteiger partial charge is 0.262 e. The number of rotatable bonds is 8. The maximum absolute atomic E-state index is 12.6. The summed E-state index contributed by atoms with van der Waals surface area (Å²) in [6.07, 6.45) is 5.14. The summed E-state index contributed by atoms with van der Waals surface area (Å²) in [5, 5.41) is 3.71. The molecule has 0 bridgehead atoms. The normalized spacial score (nSPS) is 12.7. The van der Waals surface area contributed by atoms with Gasteiger partial charge in [0.2, 0.25) is 5.91 Å². The van der Waals surface area contributed by atoms with Crippen molar-refractivity contribution in [2.75, 3.05) is 0 Å². The van der Waals surface area contributed by atoms with Crippen LogP contribution in [0.2, 0.25) is 0 Å². The van der Waals surface area contributed by atoms with Gasteiger partial charge in [-0.2, -0.15) is 0 Å². The van der Waals surface area contributed by atoms with Crippen molar-refractivity contribution in [1.82, 2.24) is 14.9 Å². The molecular weight excluding hydrogens is 334 g/mol. The van der Waals surface area contributed by atoms with E-state index >= 15 is 0 Å². The zero-order valence-corrected chi connectivity index (χ0v) is 16.7. The molecule has 1 atom stereocenters. The van der Waals surface area contributed by atoms with Crippen molar-refractivity contribution in [1.29, 1.82) is 0 Å². The maximum atomic E-state index is 12.6. The Morgan fingerprint density at radius 1 is 1.28 bits per heavy atom. The van der Waals surface area contributed by atoms with Crippen LogP contribution in [-0.2, 0) is 11.3 Å². The summed E-state index contributed by atoms with van der Waals surface area (Å²) in [6, 6.07) is 0.172. The third kappa shape index (κ3) is 5.14. The second-order valence-electron chi connectivity index (χ2n) is 7.25. The van der Waals surface area contributed by atoms with Crippen LogP contribution < -0.4 is 10.9 Å². The number of aryl methyl sites for hydroxylation is 3. The van der Waals surface area contributed by atoms with Gasteiger partial charge in [-0.05, 0) is 38.7 Å². The molecule has 5 nitrogen and oxygen atoms in total. The molecule has 1 amide bonds. The molecule has 6 heteroatoms. The molecular formula is C19H29N3O2S. The third-order valence-electron chi connectivity index (χ3n) is 4.56. The Kier molecular flexibility index (Phi) is 6.76. The molecule has 0 fully saturated rings. The van der Waals surface area contributed by atoms with E-state index in [-0.39, 0.29) is 17.5 Å². The van der Waals surface area contributed by atoms with E-state index in [4.69, 9.17) is 0 Å². The maximum Gasteiger partial charge on any atom is 0.262 e. The van der Waals surface area contributed by atoms with Crippen LogP contribution >= 0.6 is 11.3 Å². The predicted molar refractivity (Wildman–Crippen MR) is 104 cm³/mol. The fourth-order valence-electron chi connectivity index (χ4n) is 2.90. The number of aromatic nitrogens is 2. The van der Waals surface area contributed by atoms with Gasteiger partial charge in [-0.1, -0.05) is 26.7 Å². The highest BCUT2D eigenvalue weighted by Crippen LogP contribution is 2.25. The molecule has 0 spiro atoms. The Bertz CT molecular complexity index is 792. The molecule has 0 aromatic carbocycles. The Morgan fingerprint density at radius 3 is 2.68 bits per heavy atom. The highest BCUT2D eigenvalue weighted by Gasteiger charge is 2.13. The molecule has 2 aromatic rings. The minimum Gasteiger partial charge on any atom is -0.354 e. The van der Waals surface area contributed by atoms with E-state index in [0.717, 1.165) is 28.1 Å². The first-order chi connectivity index (χ1) is 11.8. The number of nitrogens with zero attached hydrogens (tertiary/aromatic N) is 2. The van der Waals surface area contributed by atoms with Crippen LogP contribution in [0.15, 0.2) is 11.1 Å². The average molecular weight is 364 g/mol. The Balaban J connectivity index is 1.91. The average Bonchev–Trinajstić information content (AvgIpc) is 2.81. The van der Waals surface area contributed by atoms with Gasteiger partial charge in [0.05, 0.1) is 11.7 Å². The number of fused-ring (bicyclic) bond motifs is 1. The summed E-state index contributed by atoms with van der Waals surface area (Å²) in [7, 11) is 0. The standard InChI is InChI=1S/C19H29N3O2S/c1-12(2)7-6-8-13(3)21-16(23)9-10-22-11-20-18-17(19(22)24)14(4)15(5)25-18/h11-13H,6-10H2,1-5H3,(H,21,23)/t13-/m1/s1. The zero-order valence-electron chi connectivity index (χ0n) is 15.9. The lowest BCUT2D eigenvalue weighted by Crippen LogP contribution is -2.34. The predicted octanol–water partition coefficient (Wildman–Crippen LogP) is 3.80. The topological polar surface area (TPSA) is 64.0 Å². The van der Waals surface area contributed by atoms with Gasteiger partial charge in [-0.3, -0.25) is 14.2 Å². The molecule has 0 saturated carbocycles. The molecule has 2 rings (SSSR count). The van der Waals surface area contributed by atoms with Gasteiger partial charge in [0, 0.05) is 23.9 Å². The second-order valence-corrected chi connectivity index (χ2v) is 8.45. The molecule has 1 N–H and O–H groups in total. The van der Waals surface area contributed by atoms with E-state index in [1.165, 1.54) is 6.42 Å². The molecule has 2 aromatic heterocycles. The van der Waals surface area contributed by atoms with Crippen molar-refractivity contribution < 1.29 is 4.79 Å². The van der Waals surface area contributed by atoms with Crippen LogP contribution in [0.3, 0.4) is 0 Å². The third-order valence-corrected chi connectivity index (χ3v) is 5.68. The number of carbonyl (C=O) groups is 1. The van der Waals surface area contributed by atoms with Gasteiger partial charge in [0.25, 0.3) is 5.56 Å². The van der Waals surface area contributed by atoms with E-state index in [1.54, 1.807) is 22.2 Å². The quantitative estimate of drug-likeness (QED) is 0.776. The number of nitrogens with one attached hydrogen (secondary N) is 1. The van der Waals surface area contributed by atoms with Crippen LogP contribution in [0.5, 0.6) is 0 Å². The molecule has 0 aliphatic carbocycles. The van der Waals surface area contributed by atoms with E-state index in [0.29, 0.717) is 24.3 Å². The SMILES string of the molecule is Cc1sc2ncn(CCC(=O)N[C@H](C)CCCC(C)C)c(=O)c2c1C. The van der Waals surface area contributed by atoms with Crippen molar-refractivity contribution in [2.24, 2.45) is 5.92 Å². The highest BCUT2D eigenvalue weighted by atomic mass is 32.1. The molecule has 0 saturated heterocycles. The molecule has 138 valence electrons.